The Hall–Kier alpha value is -3.32. The predicted octanol–water partition coefficient (Wildman–Crippen LogP) is 4.21. The normalized spacial score (nSPS) is 13.4. The summed E-state index contributed by atoms with van der Waals surface area (Å²) in [5.41, 5.74) is -1.96. The number of nitrogens with zero attached hydrogens (tertiary/aromatic N) is 5. The highest BCUT2D eigenvalue weighted by Gasteiger charge is 2.37. The molecule has 190 valence electrons. The van der Waals surface area contributed by atoms with Crippen molar-refractivity contribution in [2.75, 3.05) is 20.0 Å². The first-order chi connectivity index (χ1) is 17.0. The Morgan fingerprint density at radius 1 is 1.08 bits per heavy atom. The molecule has 1 atom stereocenters. The van der Waals surface area contributed by atoms with Gasteiger partial charge in [0.15, 0.2) is 32.9 Å². The zero-order chi connectivity index (χ0) is 26.1. The van der Waals surface area contributed by atoms with Gasteiger partial charge in [0.25, 0.3) is 0 Å². The molecule has 3 aromatic heterocycles. The molecule has 0 spiro atoms. The number of furan rings is 1. The first kappa shape index (κ1) is 25.8. The van der Waals surface area contributed by atoms with Crippen LogP contribution in [-0.4, -0.2) is 53.1 Å². The molecule has 4 aromatic rings. The molecule has 0 unspecified atom stereocenters. The van der Waals surface area contributed by atoms with Gasteiger partial charge in [0.1, 0.15) is 28.7 Å². The molecular weight excluding hydrogens is 557 g/mol. The SMILES string of the molecule is COc1cccc(OC)c1-n1c(CS(=O)(=O)C[C@](C)(F)c2ncc(Br)cn2)nnc1-c1ccc(C)o1. The van der Waals surface area contributed by atoms with Gasteiger partial charge < -0.3 is 13.9 Å². The topological polar surface area (TPSA) is 122 Å². The van der Waals surface area contributed by atoms with Crippen LogP contribution in [0.1, 0.15) is 24.3 Å². The fourth-order valence-electron chi connectivity index (χ4n) is 3.72. The molecule has 36 heavy (non-hydrogen) atoms. The summed E-state index contributed by atoms with van der Waals surface area (Å²) in [4.78, 5) is 7.84. The summed E-state index contributed by atoms with van der Waals surface area (Å²) < 4.78 is 60.7. The van der Waals surface area contributed by atoms with E-state index < -0.39 is 27.0 Å². The second-order valence-electron chi connectivity index (χ2n) is 8.15. The molecule has 10 nitrogen and oxygen atoms in total. The molecule has 0 bridgehead atoms. The van der Waals surface area contributed by atoms with Crippen LogP contribution < -0.4 is 9.47 Å². The number of benzene rings is 1. The summed E-state index contributed by atoms with van der Waals surface area (Å²) >= 11 is 3.18. The molecule has 0 N–H and O–H groups in total. The van der Waals surface area contributed by atoms with Crippen molar-refractivity contribution in [1.82, 2.24) is 24.7 Å². The highest BCUT2D eigenvalue weighted by Crippen LogP contribution is 2.37. The Balaban J connectivity index is 1.80. The number of para-hydroxylation sites is 1. The van der Waals surface area contributed by atoms with Crippen LogP contribution in [0.4, 0.5) is 4.39 Å². The van der Waals surface area contributed by atoms with Crippen molar-refractivity contribution in [2.24, 2.45) is 0 Å². The Morgan fingerprint density at radius 2 is 1.72 bits per heavy atom. The smallest absolute Gasteiger partial charge is 0.204 e. The fourth-order valence-corrected chi connectivity index (χ4v) is 5.56. The van der Waals surface area contributed by atoms with Gasteiger partial charge in [0.05, 0.1) is 24.4 Å². The number of aryl methyl sites for hydroxylation is 1. The van der Waals surface area contributed by atoms with Crippen LogP contribution in [0.5, 0.6) is 11.5 Å². The molecule has 0 aliphatic heterocycles. The largest absolute Gasteiger partial charge is 0.494 e. The van der Waals surface area contributed by atoms with E-state index in [-0.39, 0.29) is 17.5 Å². The van der Waals surface area contributed by atoms with Crippen LogP contribution in [0.2, 0.25) is 0 Å². The first-order valence-corrected chi connectivity index (χ1v) is 13.3. The number of alkyl halides is 1. The monoisotopic (exact) mass is 579 g/mol. The Morgan fingerprint density at radius 3 is 2.28 bits per heavy atom. The molecule has 13 heteroatoms. The van der Waals surface area contributed by atoms with Crippen molar-refractivity contribution in [3.8, 4) is 28.8 Å². The Bertz CT molecular complexity index is 1460. The minimum Gasteiger partial charge on any atom is -0.494 e. The molecule has 1 aromatic carbocycles. The predicted molar refractivity (Wildman–Crippen MR) is 133 cm³/mol. The van der Waals surface area contributed by atoms with Crippen molar-refractivity contribution in [3.05, 3.63) is 64.6 Å². The molecule has 3 heterocycles. The second-order valence-corrected chi connectivity index (χ2v) is 11.1. The lowest BCUT2D eigenvalue weighted by Gasteiger charge is -2.19. The third kappa shape index (κ3) is 5.26. The Labute approximate surface area is 215 Å². The number of hydrogen-bond acceptors (Lipinski definition) is 9. The molecule has 4 rings (SSSR count). The van der Waals surface area contributed by atoms with E-state index in [1.807, 2.05) is 0 Å². The summed E-state index contributed by atoms with van der Waals surface area (Å²) in [5.74, 6) is 0.271. The van der Waals surface area contributed by atoms with E-state index in [2.05, 4.69) is 36.1 Å². The van der Waals surface area contributed by atoms with Gasteiger partial charge in [-0.15, -0.1) is 10.2 Å². The van der Waals surface area contributed by atoms with E-state index in [0.29, 0.717) is 33.2 Å². The zero-order valence-electron chi connectivity index (χ0n) is 19.9. The van der Waals surface area contributed by atoms with Crippen LogP contribution in [0, 0.1) is 6.92 Å². The van der Waals surface area contributed by atoms with E-state index in [1.54, 1.807) is 37.3 Å². The average molecular weight is 580 g/mol. The second kappa shape index (κ2) is 9.97. The number of ether oxygens (including phenoxy) is 2. The number of aromatic nitrogens is 5. The maximum Gasteiger partial charge on any atom is 0.204 e. The van der Waals surface area contributed by atoms with Crippen LogP contribution >= 0.6 is 15.9 Å². The zero-order valence-corrected chi connectivity index (χ0v) is 22.3. The first-order valence-electron chi connectivity index (χ1n) is 10.6. The van der Waals surface area contributed by atoms with Crippen LogP contribution in [0.25, 0.3) is 17.3 Å². The van der Waals surface area contributed by atoms with E-state index in [0.717, 1.165) is 6.92 Å². The van der Waals surface area contributed by atoms with E-state index in [9.17, 15) is 8.42 Å². The molecule has 0 radical (unpaired) electrons. The van der Waals surface area contributed by atoms with Gasteiger partial charge >= 0.3 is 0 Å². The average Bonchev–Trinajstić information content (AvgIpc) is 3.43. The summed E-state index contributed by atoms with van der Waals surface area (Å²) in [6.45, 7) is 2.89. The highest BCUT2D eigenvalue weighted by molar-refractivity contribution is 9.10. The van der Waals surface area contributed by atoms with Crippen molar-refractivity contribution < 1.29 is 26.7 Å². The van der Waals surface area contributed by atoms with E-state index in [1.165, 1.54) is 31.2 Å². The molecule has 0 saturated heterocycles. The summed E-state index contributed by atoms with van der Waals surface area (Å²) in [7, 11) is -1.14. The summed E-state index contributed by atoms with van der Waals surface area (Å²) in [5, 5.41) is 8.33. The number of methoxy groups -OCH3 is 2. The van der Waals surface area contributed by atoms with Crippen molar-refractivity contribution >= 4 is 25.8 Å². The van der Waals surface area contributed by atoms with E-state index >= 15 is 4.39 Å². The number of halogens is 2. The Kier molecular flexibility index (Phi) is 7.14. The van der Waals surface area contributed by atoms with Gasteiger partial charge in [-0.05, 0) is 54.0 Å². The molecular formula is C23H23BrFN5O5S. The lowest BCUT2D eigenvalue weighted by Crippen LogP contribution is -2.30. The van der Waals surface area contributed by atoms with Crippen LogP contribution in [0.15, 0.2) is 51.6 Å². The molecule has 0 aliphatic rings. The van der Waals surface area contributed by atoms with E-state index in [4.69, 9.17) is 13.9 Å². The van der Waals surface area contributed by atoms with Gasteiger partial charge in [-0.25, -0.2) is 22.8 Å². The van der Waals surface area contributed by atoms with Crippen molar-refractivity contribution in [1.29, 1.82) is 0 Å². The molecule has 0 amide bonds. The third-order valence-electron chi connectivity index (χ3n) is 5.24. The minimum atomic E-state index is -4.09. The quantitative estimate of drug-likeness (QED) is 0.287. The number of hydrogen-bond donors (Lipinski definition) is 0. The van der Waals surface area contributed by atoms with Crippen LogP contribution in [-0.2, 0) is 21.3 Å². The highest BCUT2D eigenvalue weighted by atomic mass is 79.9. The fraction of sp³-hybridized carbons (Fsp3) is 0.304. The number of rotatable bonds is 9. The van der Waals surface area contributed by atoms with Gasteiger partial charge in [-0.1, -0.05) is 6.07 Å². The van der Waals surface area contributed by atoms with Crippen molar-refractivity contribution in [3.63, 3.8) is 0 Å². The standard InChI is InChI=1S/C23H23BrFN5O5S/c1-14-8-9-18(35-14)21-29-28-19(30(21)20-16(33-3)6-5-7-17(20)34-4)12-36(31,32)13-23(2,25)22-26-10-15(24)11-27-22/h5-11H,12-13H2,1-4H3/t23-/m0/s1. The molecule has 0 aliphatic carbocycles. The summed E-state index contributed by atoms with van der Waals surface area (Å²) in [6, 6.07) is 8.55. The van der Waals surface area contributed by atoms with Crippen LogP contribution in [0.3, 0.4) is 0 Å². The van der Waals surface area contributed by atoms with Gasteiger partial charge in [-0.2, -0.15) is 0 Å². The maximum atomic E-state index is 15.5. The lowest BCUT2D eigenvalue weighted by molar-refractivity contribution is 0.209. The lowest BCUT2D eigenvalue weighted by atomic mass is 10.1. The van der Waals surface area contributed by atoms with Crippen molar-refractivity contribution in [2.45, 2.75) is 25.3 Å². The third-order valence-corrected chi connectivity index (χ3v) is 7.33. The number of sulfone groups is 1. The maximum absolute atomic E-state index is 15.5. The van der Waals surface area contributed by atoms with Gasteiger partial charge in [0, 0.05) is 12.4 Å². The summed E-state index contributed by atoms with van der Waals surface area (Å²) in [6.07, 6.45) is 2.71. The van der Waals surface area contributed by atoms with Gasteiger partial charge in [-0.3, -0.25) is 4.57 Å². The molecule has 0 fully saturated rings. The minimum absolute atomic E-state index is 0.0226. The van der Waals surface area contributed by atoms with Gasteiger partial charge in [0.2, 0.25) is 5.82 Å². The molecule has 0 saturated carbocycles.